The quantitative estimate of drug-likeness (QED) is 0.789. The van der Waals surface area contributed by atoms with E-state index in [0.29, 0.717) is 6.54 Å². The highest BCUT2D eigenvalue weighted by Gasteiger charge is 2.13. The monoisotopic (exact) mass is 198 g/mol. The molecule has 72 valence electrons. The summed E-state index contributed by atoms with van der Waals surface area (Å²) in [6.07, 6.45) is 0. The highest BCUT2D eigenvalue weighted by atomic mass is 32.1. The van der Waals surface area contributed by atoms with Crippen molar-refractivity contribution in [1.29, 1.82) is 0 Å². The topological polar surface area (TPSA) is 46.3 Å². The zero-order valence-electron chi connectivity index (χ0n) is 7.86. The summed E-state index contributed by atoms with van der Waals surface area (Å²) in [5.74, 6) is -0.0220. The standard InChI is InChI=1S/C9H14N2OS/c1-7(10)9(12)11(2)5-8-3-4-13-6-8/h3-4,6-7H,5,10H2,1-2H3/t7-/m1/s1. The maximum Gasteiger partial charge on any atom is 0.239 e. The molecule has 2 N–H and O–H groups in total. The fourth-order valence-electron chi connectivity index (χ4n) is 1.08. The first-order valence-electron chi connectivity index (χ1n) is 4.13. The second kappa shape index (κ2) is 4.39. The van der Waals surface area contributed by atoms with Crippen LogP contribution in [-0.2, 0) is 11.3 Å². The molecule has 0 aliphatic rings. The zero-order valence-corrected chi connectivity index (χ0v) is 8.67. The Bertz CT molecular complexity index is 269. The lowest BCUT2D eigenvalue weighted by Gasteiger charge is -2.18. The highest BCUT2D eigenvalue weighted by molar-refractivity contribution is 7.07. The van der Waals surface area contributed by atoms with Gasteiger partial charge in [0, 0.05) is 13.6 Å². The second-order valence-corrected chi connectivity index (χ2v) is 3.89. The Morgan fingerprint density at radius 2 is 2.46 bits per heavy atom. The fraction of sp³-hybridized carbons (Fsp3) is 0.444. The lowest BCUT2D eigenvalue weighted by Crippen LogP contribution is -2.39. The Morgan fingerprint density at radius 3 is 2.92 bits per heavy atom. The molecule has 0 saturated carbocycles. The molecule has 0 aliphatic heterocycles. The van der Waals surface area contributed by atoms with Crippen molar-refractivity contribution < 1.29 is 4.79 Å². The first-order chi connectivity index (χ1) is 6.11. The molecule has 1 atom stereocenters. The Balaban J connectivity index is 2.51. The molecule has 3 nitrogen and oxygen atoms in total. The molecule has 0 fully saturated rings. The van der Waals surface area contributed by atoms with Gasteiger partial charge in [-0.1, -0.05) is 0 Å². The maximum absolute atomic E-state index is 11.4. The average Bonchev–Trinajstić information content (AvgIpc) is 2.55. The number of nitrogens with two attached hydrogens (primary N) is 1. The summed E-state index contributed by atoms with van der Waals surface area (Å²) in [6, 6.07) is 1.60. The summed E-state index contributed by atoms with van der Waals surface area (Å²) in [7, 11) is 1.77. The van der Waals surface area contributed by atoms with Crippen LogP contribution in [0.3, 0.4) is 0 Å². The van der Waals surface area contributed by atoms with Crippen LogP contribution >= 0.6 is 11.3 Å². The molecular formula is C9H14N2OS. The smallest absolute Gasteiger partial charge is 0.239 e. The minimum absolute atomic E-state index is 0.0220. The van der Waals surface area contributed by atoms with Crippen molar-refractivity contribution >= 4 is 17.2 Å². The van der Waals surface area contributed by atoms with Crippen molar-refractivity contribution in [3.8, 4) is 0 Å². The van der Waals surface area contributed by atoms with Crippen molar-refractivity contribution in [2.24, 2.45) is 5.73 Å². The highest BCUT2D eigenvalue weighted by Crippen LogP contribution is 2.08. The van der Waals surface area contributed by atoms with Gasteiger partial charge in [0.15, 0.2) is 0 Å². The van der Waals surface area contributed by atoms with E-state index >= 15 is 0 Å². The Kier molecular flexibility index (Phi) is 3.45. The fourth-order valence-corrected chi connectivity index (χ4v) is 1.74. The predicted molar refractivity (Wildman–Crippen MR) is 54.4 cm³/mol. The van der Waals surface area contributed by atoms with E-state index in [1.54, 1.807) is 30.2 Å². The van der Waals surface area contributed by atoms with Gasteiger partial charge in [-0.2, -0.15) is 11.3 Å². The molecule has 1 rings (SSSR count). The normalized spacial score (nSPS) is 12.5. The molecule has 0 unspecified atom stereocenters. The number of thiophene rings is 1. The third-order valence-corrected chi connectivity index (χ3v) is 2.50. The summed E-state index contributed by atoms with van der Waals surface area (Å²) in [4.78, 5) is 13.0. The van der Waals surface area contributed by atoms with Crippen LogP contribution in [0.5, 0.6) is 0 Å². The van der Waals surface area contributed by atoms with Crippen LogP contribution in [0.25, 0.3) is 0 Å². The molecule has 1 amide bonds. The van der Waals surface area contributed by atoms with E-state index < -0.39 is 6.04 Å². The van der Waals surface area contributed by atoms with Gasteiger partial charge < -0.3 is 10.6 Å². The molecule has 1 heterocycles. The van der Waals surface area contributed by atoms with Crippen molar-refractivity contribution in [2.75, 3.05) is 7.05 Å². The number of rotatable bonds is 3. The van der Waals surface area contributed by atoms with E-state index in [1.807, 2.05) is 16.8 Å². The molecule has 0 spiro atoms. The minimum atomic E-state index is -0.413. The van der Waals surface area contributed by atoms with E-state index in [0.717, 1.165) is 5.56 Å². The molecule has 0 radical (unpaired) electrons. The molecule has 0 aromatic carbocycles. The largest absolute Gasteiger partial charge is 0.340 e. The SMILES string of the molecule is C[C@@H](N)C(=O)N(C)Cc1ccsc1. The van der Waals surface area contributed by atoms with Gasteiger partial charge in [0.1, 0.15) is 0 Å². The molecule has 4 heteroatoms. The van der Waals surface area contributed by atoms with Crippen molar-refractivity contribution in [2.45, 2.75) is 19.5 Å². The third kappa shape index (κ3) is 2.82. The lowest BCUT2D eigenvalue weighted by molar-refractivity contribution is -0.131. The van der Waals surface area contributed by atoms with Gasteiger partial charge in [0.05, 0.1) is 6.04 Å². The molecule has 0 bridgehead atoms. The van der Waals surface area contributed by atoms with Gasteiger partial charge >= 0.3 is 0 Å². The molecule has 0 saturated heterocycles. The van der Waals surface area contributed by atoms with E-state index in [9.17, 15) is 4.79 Å². The summed E-state index contributed by atoms with van der Waals surface area (Å²) in [5.41, 5.74) is 6.63. The van der Waals surface area contributed by atoms with Crippen LogP contribution in [-0.4, -0.2) is 23.9 Å². The third-order valence-electron chi connectivity index (χ3n) is 1.77. The van der Waals surface area contributed by atoms with Crippen LogP contribution in [0.15, 0.2) is 16.8 Å². The van der Waals surface area contributed by atoms with Crippen LogP contribution in [0, 0.1) is 0 Å². The predicted octanol–water partition coefficient (Wildman–Crippen LogP) is 1.05. The van der Waals surface area contributed by atoms with Gasteiger partial charge in [-0.25, -0.2) is 0 Å². The van der Waals surface area contributed by atoms with E-state index in [-0.39, 0.29) is 5.91 Å². The molecule has 1 aromatic rings. The number of carbonyl (C=O) groups excluding carboxylic acids is 1. The summed E-state index contributed by atoms with van der Waals surface area (Å²) < 4.78 is 0. The summed E-state index contributed by atoms with van der Waals surface area (Å²) in [6.45, 7) is 2.34. The average molecular weight is 198 g/mol. The zero-order chi connectivity index (χ0) is 9.84. The number of hydrogen-bond donors (Lipinski definition) is 1. The summed E-state index contributed by atoms with van der Waals surface area (Å²) in [5, 5.41) is 4.03. The van der Waals surface area contributed by atoms with Crippen LogP contribution < -0.4 is 5.73 Å². The van der Waals surface area contributed by atoms with Crippen LogP contribution in [0.1, 0.15) is 12.5 Å². The molecule has 1 aromatic heterocycles. The van der Waals surface area contributed by atoms with Gasteiger partial charge in [-0.3, -0.25) is 4.79 Å². The number of hydrogen-bond acceptors (Lipinski definition) is 3. The van der Waals surface area contributed by atoms with Crippen molar-refractivity contribution in [3.05, 3.63) is 22.4 Å². The number of likely N-dealkylation sites (N-methyl/N-ethyl adjacent to an activating group) is 1. The number of amides is 1. The van der Waals surface area contributed by atoms with Gasteiger partial charge in [-0.05, 0) is 29.3 Å². The van der Waals surface area contributed by atoms with Crippen molar-refractivity contribution in [1.82, 2.24) is 4.90 Å². The van der Waals surface area contributed by atoms with E-state index in [1.165, 1.54) is 0 Å². The van der Waals surface area contributed by atoms with Crippen LogP contribution in [0.4, 0.5) is 0 Å². The summed E-state index contributed by atoms with van der Waals surface area (Å²) >= 11 is 1.63. The molecule has 0 aliphatic carbocycles. The van der Waals surface area contributed by atoms with Gasteiger partial charge in [-0.15, -0.1) is 0 Å². The van der Waals surface area contributed by atoms with Gasteiger partial charge in [0.2, 0.25) is 5.91 Å². The number of nitrogens with zero attached hydrogens (tertiary/aromatic N) is 1. The first kappa shape index (κ1) is 10.2. The lowest BCUT2D eigenvalue weighted by atomic mass is 10.2. The minimum Gasteiger partial charge on any atom is -0.340 e. The van der Waals surface area contributed by atoms with Gasteiger partial charge in [0.25, 0.3) is 0 Å². The van der Waals surface area contributed by atoms with Crippen LogP contribution in [0.2, 0.25) is 0 Å². The first-order valence-corrected chi connectivity index (χ1v) is 5.07. The maximum atomic E-state index is 11.4. The Hall–Kier alpha value is -0.870. The Morgan fingerprint density at radius 1 is 1.77 bits per heavy atom. The molecular weight excluding hydrogens is 184 g/mol. The Labute approximate surface area is 82.2 Å². The second-order valence-electron chi connectivity index (χ2n) is 3.11. The van der Waals surface area contributed by atoms with Crippen molar-refractivity contribution in [3.63, 3.8) is 0 Å². The van der Waals surface area contributed by atoms with E-state index in [4.69, 9.17) is 5.73 Å². The molecule has 13 heavy (non-hydrogen) atoms. The van der Waals surface area contributed by atoms with E-state index in [2.05, 4.69) is 0 Å². The number of carbonyl (C=O) groups is 1.